The van der Waals surface area contributed by atoms with Crippen LogP contribution >= 0.6 is 23.1 Å². The molecule has 8 nitrogen and oxygen atoms in total. The van der Waals surface area contributed by atoms with Crippen LogP contribution in [0.2, 0.25) is 0 Å². The van der Waals surface area contributed by atoms with Gasteiger partial charge < -0.3 is 20.4 Å². The number of primary amides is 1. The van der Waals surface area contributed by atoms with Gasteiger partial charge in [-0.05, 0) is 63.6 Å². The maximum atomic E-state index is 12.8. The van der Waals surface area contributed by atoms with Crippen molar-refractivity contribution in [3.8, 4) is 5.75 Å². The number of hydrogen-bond acceptors (Lipinski definition) is 7. The summed E-state index contributed by atoms with van der Waals surface area (Å²) in [5.41, 5.74) is 8.30. The fraction of sp³-hybridized carbons (Fsp3) is 0.440. The van der Waals surface area contributed by atoms with Gasteiger partial charge in [-0.25, -0.2) is 0 Å². The van der Waals surface area contributed by atoms with E-state index in [9.17, 15) is 9.59 Å². The van der Waals surface area contributed by atoms with Crippen LogP contribution in [0.15, 0.2) is 29.4 Å². The van der Waals surface area contributed by atoms with E-state index in [1.165, 1.54) is 28.7 Å². The molecule has 2 heterocycles. The molecule has 4 rings (SSSR count). The Bertz CT molecular complexity index is 1220. The maximum Gasteiger partial charge on any atom is 0.251 e. The number of amides is 2. The summed E-state index contributed by atoms with van der Waals surface area (Å²) in [5.74, 6) is 1.47. The topological polar surface area (TPSA) is 112 Å². The van der Waals surface area contributed by atoms with E-state index in [0.29, 0.717) is 34.0 Å². The van der Waals surface area contributed by atoms with E-state index in [2.05, 4.69) is 22.4 Å². The first kappa shape index (κ1) is 25.2. The van der Waals surface area contributed by atoms with Crippen LogP contribution in [-0.4, -0.2) is 32.3 Å². The van der Waals surface area contributed by atoms with Crippen molar-refractivity contribution in [2.75, 3.05) is 11.1 Å². The second-order valence-corrected chi connectivity index (χ2v) is 11.0. The molecule has 0 bridgehead atoms. The van der Waals surface area contributed by atoms with Crippen LogP contribution in [0.5, 0.6) is 5.75 Å². The minimum atomic E-state index is -0.488. The monoisotopic (exact) mass is 513 g/mol. The second-order valence-electron chi connectivity index (χ2n) is 8.92. The van der Waals surface area contributed by atoms with Crippen LogP contribution in [0, 0.1) is 12.8 Å². The van der Waals surface area contributed by atoms with Gasteiger partial charge in [-0.2, -0.15) is 0 Å². The van der Waals surface area contributed by atoms with Gasteiger partial charge in [-0.1, -0.05) is 36.4 Å². The van der Waals surface area contributed by atoms with Gasteiger partial charge in [0.1, 0.15) is 10.8 Å². The third-order valence-electron chi connectivity index (χ3n) is 6.10. The van der Waals surface area contributed by atoms with E-state index < -0.39 is 5.91 Å². The van der Waals surface area contributed by atoms with Crippen LogP contribution in [0.3, 0.4) is 0 Å². The molecule has 2 amide bonds. The molecule has 3 N–H and O–H groups in total. The number of nitrogens with two attached hydrogens (primary N) is 1. The molecule has 0 aliphatic heterocycles. The Morgan fingerprint density at radius 3 is 2.74 bits per heavy atom. The first-order chi connectivity index (χ1) is 16.8. The standard InChI is InChI=1S/C25H31N5O3S2/c1-5-30-23(16(4)33-17-9-6-14(2)7-10-17)28-29-25(30)34-13-20(31)27-24-21(22(26)32)18-11-8-15(3)12-19(18)35-24/h6-7,9-10,15-16H,5,8,11-13H2,1-4H3,(H2,26,32)(H,27,31). The van der Waals surface area contributed by atoms with Crippen molar-refractivity contribution in [2.24, 2.45) is 11.7 Å². The Kier molecular flexibility index (Phi) is 7.81. The Labute approximate surface area is 213 Å². The summed E-state index contributed by atoms with van der Waals surface area (Å²) in [6, 6.07) is 7.87. The van der Waals surface area contributed by atoms with E-state index in [4.69, 9.17) is 10.5 Å². The number of anilines is 1. The van der Waals surface area contributed by atoms with Crippen molar-refractivity contribution in [3.05, 3.63) is 51.7 Å². The van der Waals surface area contributed by atoms with E-state index in [0.717, 1.165) is 35.5 Å². The van der Waals surface area contributed by atoms with Gasteiger partial charge in [0.05, 0.1) is 11.3 Å². The number of fused-ring (bicyclic) bond motifs is 1. The molecule has 2 atom stereocenters. The van der Waals surface area contributed by atoms with E-state index >= 15 is 0 Å². The first-order valence-corrected chi connectivity index (χ1v) is 13.6. The normalized spacial score (nSPS) is 15.9. The van der Waals surface area contributed by atoms with Crippen molar-refractivity contribution in [1.82, 2.24) is 14.8 Å². The Morgan fingerprint density at radius 2 is 2.06 bits per heavy atom. The first-order valence-electron chi connectivity index (χ1n) is 11.8. The fourth-order valence-electron chi connectivity index (χ4n) is 4.27. The minimum Gasteiger partial charge on any atom is -0.483 e. The highest BCUT2D eigenvalue weighted by Crippen LogP contribution is 2.39. The van der Waals surface area contributed by atoms with E-state index in [1.54, 1.807) is 0 Å². The second kappa shape index (κ2) is 10.8. The zero-order valence-electron chi connectivity index (χ0n) is 20.5. The molecule has 1 aromatic carbocycles. The molecule has 0 spiro atoms. The van der Waals surface area contributed by atoms with Crippen LogP contribution < -0.4 is 15.8 Å². The Balaban J connectivity index is 1.42. The molecule has 35 heavy (non-hydrogen) atoms. The highest BCUT2D eigenvalue weighted by atomic mass is 32.2. The number of nitrogens with one attached hydrogen (secondary N) is 1. The summed E-state index contributed by atoms with van der Waals surface area (Å²) in [6.07, 6.45) is 2.46. The molecule has 3 aromatic rings. The van der Waals surface area contributed by atoms with Crippen molar-refractivity contribution in [3.63, 3.8) is 0 Å². The number of carbonyl (C=O) groups excluding carboxylic acids is 2. The third kappa shape index (κ3) is 5.70. The quantitative estimate of drug-likeness (QED) is 0.399. The summed E-state index contributed by atoms with van der Waals surface area (Å²) in [4.78, 5) is 26.1. The molecule has 186 valence electrons. The van der Waals surface area contributed by atoms with Gasteiger partial charge in [0.25, 0.3) is 5.91 Å². The zero-order chi connectivity index (χ0) is 25.1. The lowest BCUT2D eigenvalue weighted by Crippen LogP contribution is -2.20. The average molecular weight is 514 g/mol. The molecule has 10 heteroatoms. The van der Waals surface area contributed by atoms with Crippen molar-refractivity contribution in [1.29, 1.82) is 0 Å². The third-order valence-corrected chi connectivity index (χ3v) is 8.24. The number of carbonyl (C=O) groups is 2. The highest BCUT2D eigenvalue weighted by Gasteiger charge is 2.27. The Morgan fingerprint density at radius 1 is 1.31 bits per heavy atom. The van der Waals surface area contributed by atoms with Crippen molar-refractivity contribution in [2.45, 2.75) is 64.8 Å². The van der Waals surface area contributed by atoms with Crippen LogP contribution in [0.1, 0.15) is 65.5 Å². The molecule has 0 saturated heterocycles. The molecule has 2 aromatic heterocycles. The molecular formula is C25H31N5O3S2. The van der Waals surface area contributed by atoms with Crippen LogP contribution in [0.4, 0.5) is 5.00 Å². The lowest BCUT2D eigenvalue weighted by Gasteiger charge is -2.18. The summed E-state index contributed by atoms with van der Waals surface area (Å²) in [7, 11) is 0. The number of hydrogen-bond donors (Lipinski definition) is 2. The molecule has 0 saturated carbocycles. The zero-order valence-corrected chi connectivity index (χ0v) is 22.1. The molecule has 0 fully saturated rings. The largest absolute Gasteiger partial charge is 0.483 e. The van der Waals surface area contributed by atoms with Crippen molar-refractivity contribution < 1.29 is 14.3 Å². The average Bonchev–Trinajstić information content (AvgIpc) is 3.39. The van der Waals surface area contributed by atoms with Gasteiger partial charge in [0.2, 0.25) is 5.91 Å². The van der Waals surface area contributed by atoms with Gasteiger partial charge in [-0.3, -0.25) is 9.59 Å². The Hall–Kier alpha value is -2.85. The van der Waals surface area contributed by atoms with Crippen molar-refractivity contribution >= 4 is 39.9 Å². The highest BCUT2D eigenvalue weighted by molar-refractivity contribution is 7.99. The van der Waals surface area contributed by atoms with E-state index in [1.807, 2.05) is 49.6 Å². The van der Waals surface area contributed by atoms with Crippen LogP contribution in [-0.2, 0) is 24.2 Å². The number of aromatic nitrogens is 3. The SMILES string of the molecule is CCn1c(SCC(=O)Nc2sc3c(c2C(N)=O)CCC(C)C3)nnc1C(C)Oc1ccc(C)cc1. The number of benzene rings is 1. The molecule has 1 aliphatic rings. The minimum absolute atomic E-state index is 0.141. The number of aryl methyl sites for hydroxylation is 1. The number of ether oxygens (including phenoxy) is 1. The predicted octanol–water partition coefficient (Wildman–Crippen LogP) is 4.76. The number of thiophene rings is 1. The molecule has 2 unspecified atom stereocenters. The van der Waals surface area contributed by atoms with Gasteiger partial charge in [0.15, 0.2) is 17.1 Å². The summed E-state index contributed by atoms with van der Waals surface area (Å²) >= 11 is 2.77. The number of thioether (sulfide) groups is 1. The number of rotatable bonds is 9. The molecule has 1 aliphatic carbocycles. The van der Waals surface area contributed by atoms with Gasteiger partial charge in [-0.15, -0.1) is 21.5 Å². The van der Waals surface area contributed by atoms with E-state index in [-0.39, 0.29) is 17.8 Å². The van der Waals surface area contributed by atoms with Gasteiger partial charge >= 0.3 is 0 Å². The summed E-state index contributed by atoms with van der Waals surface area (Å²) in [6.45, 7) is 8.82. The lowest BCUT2D eigenvalue weighted by atomic mass is 9.88. The fourth-order valence-corrected chi connectivity index (χ4v) is 6.51. The number of nitrogens with zero attached hydrogens (tertiary/aromatic N) is 3. The van der Waals surface area contributed by atoms with Gasteiger partial charge in [0, 0.05) is 11.4 Å². The lowest BCUT2D eigenvalue weighted by molar-refractivity contribution is -0.113. The molecular weight excluding hydrogens is 482 g/mol. The summed E-state index contributed by atoms with van der Waals surface area (Å²) in [5, 5.41) is 12.7. The van der Waals surface area contributed by atoms with Crippen LogP contribution in [0.25, 0.3) is 0 Å². The maximum absolute atomic E-state index is 12.8. The predicted molar refractivity (Wildman–Crippen MR) is 139 cm³/mol. The summed E-state index contributed by atoms with van der Waals surface area (Å²) < 4.78 is 8.00. The molecule has 0 radical (unpaired) electrons. The smallest absolute Gasteiger partial charge is 0.251 e.